The number of hydrogen-bond acceptors (Lipinski definition) is 1. The zero-order valence-corrected chi connectivity index (χ0v) is 11.3. The monoisotopic (exact) mass is 243 g/mol. The predicted molar refractivity (Wildman–Crippen MR) is 76.6 cm³/mol. The highest BCUT2D eigenvalue weighted by Crippen LogP contribution is 2.35. The average molecular weight is 243 g/mol. The molecule has 1 aromatic rings. The van der Waals surface area contributed by atoms with Crippen molar-refractivity contribution in [2.24, 2.45) is 11.8 Å². The van der Waals surface area contributed by atoms with Gasteiger partial charge in [0, 0.05) is 6.04 Å². The van der Waals surface area contributed by atoms with Crippen LogP contribution in [0.3, 0.4) is 0 Å². The molecular weight excluding hydrogens is 218 g/mol. The van der Waals surface area contributed by atoms with Crippen molar-refractivity contribution in [2.45, 2.75) is 51.0 Å². The minimum absolute atomic E-state index is 0.875. The van der Waals surface area contributed by atoms with Gasteiger partial charge < -0.3 is 5.32 Å². The van der Waals surface area contributed by atoms with Crippen LogP contribution in [0, 0.1) is 11.8 Å². The molecule has 18 heavy (non-hydrogen) atoms. The molecule has 0 spiro atoms. The third kappa shape index (κ3) is 3.35. The molecule has 2 saturated carbocycles. The van der Waals surface area contributed by atoms with E-state index in [0.29, 0.717) is 0 Å². The maximum Gasteiger partial charge on any atom is 0.00683 e. The van der Waals surface area contributed by atoms with Gasteiger partial charge >= 0.3 is 0 Å². The van der Waals surface area contributed by atoms with E-state index in [9.17, 15) is 0 Å². The van der Waals surface area contributed by atoms with E-state index in [4.69, 9.17) is 0 Å². The largest absolute Gasteiger partial charge is 0.314 e. The summed E-state index contributed by atoms with van der Waals surface area (Å²) in [6, 6.07) is 11.9. The van der Waals surface area contributed by atoms with E-state index in [-0.39, 0.29) is 0 Å². The Bertz CT molecular complexity index is 355. The first-order valence-corrected chi connectivity index (χ1v) is 7.69. The molecule has 1 aromatic carbocycles. The quantitative estimate of drug-likeness (QED) is 0.801. The summed E-state index contributed by atoms with van der Waals surface area (Å²) >= 11 is 0. The van der Waals surface area contributed by atoms with Gasteiger partial charge in [0.15, 0.2) is 0 Å². The second kappa shape index (κ2) is 5.88. The van der Waals surface area contributed by atoms with Crippen molar-refractivity contribution in [1.82, 2.24) is 5.32 Å². The Morgan fingerprint density at radius 3 is 2.50 bits per heavy atom. The van der Waals surface area contributed by atoms with E-state index in [1.807, 2.05) is 0 Å². The fourth-order valence-corrected chi connectivity index (χ4v) is 3.36. The van der Waals surface area contributed by atoms with Crippen LogP contribution >= 0.6 is 0 Å². The topological polar surface area (TPSA) is 12.0 Å². The van der Waals surface area contributed by atoms with Gasteiger partial charge in [-0.1, -0.05) is 43.2 Å². The minimum Gasteiger partial charge on any atom is -0.314 e. The molecule has 1 N–H and O–H groups in total. The Hall–Kier alpha value is -0.820. The molecule has 2 atom stereocenters. The molecule has 2 aliphatic rings. The Balaban J connectivity index is 1.45. The highest BCUT2D eigenvalue weighted by Gasteiger charge is 2.29. The molecule has 0 bridgehead atoms. The Morgan fingerprint density at radius 1 is 0.944 bits per heavy atom. The van der Waals surface area contributed by atoms with Crippen LogP contribution in [0.2, 0.25) is 0 Å². The van der Waals surface area contributed by atoms with Crippen LogP contribution in [-0.2, 0) is 6.42 Å². The van der Waals surface area contributed by atoms with Gasteiger partial charge in [-0.15, -0.1) is 0 Å². The van der Waals surface area contributed by atoms with Crippen molar-refractivity contribution < 1.29 is 0 Å². The van der Waals surface area contributed by atoms with Crippen LogP contribution in [0.1, 0.15) is 44.1 Å². The molecule has 1 nitrogen and oxygen atoms in total. The van der Waals surface area contributed by atoms with E-state index in [1.165, 1.54) is 57.1 Å². The summed E-state index contributed by atoms with van der Waals surface area (Å²) in [5, 5.41) is 3.73. The van der Waals surface area contributed by atoms with Crippen molar-refractivity contribution in [3.8, 4) is 0 Å². The predicted octanol–water partition coefficient (Wildman–Crippen LogP) is 3.79. The Labute approximate surface area is 111 Å². The van der Waals surface area contributed by atoms with Crippen LogP contribution in [-0.4, -0.2) is 12.6 Å². The molecule has 0 saturated heterocycles. The van der Waals surface area contributed by atoms with Crippen molar-refractivity contribution in [2.75, 3.05) is 6.54 Å². The van der Waals surface area contributed by atoms with Crippen molar-refractivity contribution in [3.05, 3.63) is 35.9 Å². The minimum atomic E-state index is 0.875. The molecule has 3 rings (SSSR count). The Kier molecular flexibility index (Phi) is 3.99. The van der Waals surface area contributed by atoms with E-state index >= 15 is 0 Å². The van der Waals surface area contributed by atoms with E-state index < -0.39 is 0 Å². The summed E-state index contributed by atoms with van der Waals surface area (Å²) in [5.74, 6) is 1.92. The standard InChI is InChI=1S/C17H25N/c1-2-5-14(6-3-1)9-10-15-7-4-8-16(15)13-18-17-11-12-17/h1-3,5-6,15-18H,4,7-13H2. The molecule has 0 amide bonds. The molecule has 1 heteroatoms. The van der Waals surface area contributed by atoms with E-state index in [1.54, 1.807) is 0 Å². The van der Waals surface area contributed by atoms with Crippen LogP contribution in [0.4, 0.5) is 0 Å². The molecule has 2 aliphatic carbocycles. The summed E-state index contributed by atoms with van der Waals surface area (Å²) in [5.41, 5.74) is 1.51. The molecule has 0 aliphatic heterocycles. The molecule has 2 unspecified atom stereocenters. The van der Waals surface area contributed by atoms with Gasteiger partial charge in [0.1, 0.15) is 0 Å². The highest BCUT2D eigenvalue weighted by atomic mass is 14.9. The molecule has 2 fully saturated rings. The second-order valence-corrected chi connectivity index (χ2v) is 6.16. The van der Waals surface area contributed by atoms with Crippen molar-refractivity contribution in [1.29, 1.82) is 0 Å². The first kappa shape index (κ1) is 12.2. The summed E-state index contributed by atoms with van der Waals surface area (Å²) in [4.78, 5) is 0. The molecule has 98 valence electrons. The third-order valence-electron chi connectivity index (χ3n) is 4.71. The van der Waals surface area contributed by atoms with Crippen molar-refractivity contribution >= 4 is 0 Å². The lowest BCUT2D eigenvalue weighted by atomic mass is 9.90. The number of rotatable bonds is 6. The summed E-state index contributed by atoms with van der Waals surface area (Å²) < 4.78 is 0. The first-order valence-electron chi connectivity index (χ1n) is 7.69. The van der Waals surface area contributed by atoms with E-state index in [0.717, 1.165) is 17.9 Å². The number of hydrogen-bond donors (Lipinski definition) is 1. The lowest BCUT2D eigenvalue weighted by Gasteiger charge is -2.20. The molecule has 0 radical (unpaired) electrons. The Morgan fingerprint density at radius 2 is 1.72 bits per heavy atom. The van der Waals surface area contributed by atoms with Gasteiger partial charge in [-0.05, 0) is 56.0 Å². The fourth-order valence-electron chi connectivity index (χ4n) is 3.36. The number of nitrogens with one attached hydrogen (secondary N) is 1. The lowest BCUT2D eigenvalue weighted by molar-refractivity contribution is 0.347. The third-order valence-corrected chi connectivity index (χ3v) is 4.71. The van der Waals surface area contributed by atoms with E-state index in [2.05, 4.69) is 35.6 Å². The van der Waals surface area contributed by atoms with Crippen LogP contribution < -0.4 is 5.32 Å². The van der Waals surface area contributed by atoms with Crippen molar-refractivity contribution in [3.63, 3.8) is 0 Å². The molecule has 0 heterocycles. The van der Waals surface area contributed by atoms with Crippen LogP contribution in [0.15, 0.2) is 30.3 Å². The SMILES string of the molecule is c1ccc(CCC2CCCC2CNC2CC2)cc1. The second-order valence-electron chi connectivity index (χ2n) is 6.16. The molecular formula is C17H25N. The van der Waals surface area contributed by atoms with Gasteiger partial charge in [-0.2, -0.15) is 0 Å². The summed E-state index contributed by atoms with van der Waals surface area (Å²) in [6.07, 6.45) is 9.87. The maximum absolute atomic E-state index is 3.73. The van der Waals surface area contributed by atoms with Gasteiger partial charge in [-0.25, -0.2) is 0 Å². The van der Waals surface area contributed by atoms with Gasteiger partial charge in [-0.3, -0.25) is 0 Å². The zero-order valence-electron chi connectivity index (χ0n) is 11.3. The summed E-state index contributed by atoms with van der Waals surface area (Å²) in [7, 11) is 0. The lowest BCUT2D eigenvalue weighted by Crippen LogP contribution is -2.27. The molecule has 0 aromatic heterocycles. The van der Waals surface area contributed by atoms with Crippen LogP contribution in [0.5, 0.6) is 0 Å². The first-order chi connectivity index (χ1) is 8.92. The van der Waals surface area contributed by atoms with Gasteiger partial charge in [0.25, 0.3) is 0 Å². The number of benzene rings is 1. The number of aryl methyl sites for hydroxylation is 1. The fraction of sp³-hybridized carbons (Fsp3) is 0.647. The highest BCUT2D eigenvalue weighted by molar-refractivity contribution is 5.14. The maximum atomic E-state index is 3.73. The average Bonchev–Trinajstić information content (AvgIpc) is 3.14. The smallest absolute Gasteiger partial charge is 0.00683 e. The van der Waals surface area contributed by atoms with Gasteiger partial charge in [0.05, 0.1) is 0 Å². The van der Waals surface area contributed by atoms with Gasteiger partial charge in [0.2, 0.25) is 0 Å². The summed E-state index contributed by atoms with van der Waals surface area (Å²) in [6.45, 7) is 1.28. The zero-order chi connectivity index (χ0) is 12.2. The van der Waals surface area contributed by atoms with Crippen LogP contribution in [0.25, 0.3) is 0 Å². The normalized spacial score (nSPS) is 27.6.